The summed E-state index contributed by atoms with van der Waals surface area (Å²) in [7, 11) is 0. The van der Waals surface area contributed by atoms with Crippen LogP contribution in [0.5, 0.6) is 0 Å². The molecule has 2 amide bonds. The summed E-state index contributed by atoms with van der Waals surface area (Å²) in [4.78, 5) is 36.9. The van der Waals surface area contributed by atoms with Gasteiger partial charge in [0.05, 0.1) is 0 Å². The minimum Gasteiger partial charge on any atom is -0.352 e. The number of amides is 2. The average Bonchev–Trinajstić information content (AvgIpc) is 3.09. The van der Waals surface area contributed by atoms with E-state index in [2.05, 4.69) is 5.32 Å². The molecule has 3 rings (SSSR count). The number of nitrogens with zero attached hydrogens (tertiary/aromatic N) is 1. The number of carbonyl (C=O) groups excluding carboxylic acids is 3. The monoisotopic (exact) mass is 416 g/mol. The molecule has 28 heavy (non-hydrogen) atoms. The number of fused-ring (bicyclic) bond motifs is 1. The van der Waals surface area contributed by atoms with Gasteiger partial charge < -0.3 is 10.2 Å². The van der Waals surface area contributed by atoms with Crippen molar-refractivity contribution in [1.82, 2.24) is 5.32 Å². The van der Waals surface area contributed by atoms with Crippen LogP contribution >= 0.6 is 23.2 Å². The Morgan fingerprint density at radius 3 is 2.71 bits per heavy atom. The molecule has 1 aliphatic heterocycles. The first-order chi connectivity index (χ1) is 13.5. The molecule has 0 fully saturated rings. The van der Waals surface area contributed by atoms with Crippen molar-refractivity contribution in [3.05, 3.63) is 69.2 Å². The van der Waals surface area contributed by atoms with E-state index in [1.165, 1.54) is 6.08 Å². The summed E-state index contributed by atoms with van der Waals surface area (Å²) in [6.45, 7) is 0.865. The second-order valence-electron chi connectivity index (χ2n) is 6.36. The SMILES string of the molecule is O=CN1CCc2cc(C(=O)CCNC(=O)/C=C/c3ccc(Cl)cc3Cl)ccc21. The maximum Gasteiger partial charge on any atom is 0.244 e. The Balaban J connectivity index is 1.51. The first-order valence-electron chi connectivity index (χ1n) is 8.77. The van der Waals surface area contributed by atoms with Crippen LogP contribution in [0.4, 0.5) is 5.69 Å². The first-order valence-corrected chi connectivity index (χ1v) is 9.52. The largest absolute Gasteiger partial charge is 0.352 e. The second-order valence-corrected chi connectivity index (χ2v) is 7.20. The lowest BCUT2D eigenvalue weighted by molar-refractivity contribution is -0.116. The Hall–Kier alpha value is -2.63. The molecule has 0 bridgehead atoms. The summed E-state index contributed by atoms with van der Waals surface area (Å²) in [5.74, 6) is -0.369. The van der Waals surface area contributed by atoms with Crippen LogP contribution in [0, 0.1) is 0 Å². The van der Waals surface area contributed by atoms with Gasteiger partial charge in [-0.05, 0) is 54.0 Å². The Bertz CT molecular complexity index is 957. The third-order valence-electron chi connectivity index (χ3n) is 4.49. The molecule has 0 aliphatic carbocycles. The lowest BCUT2D eigenvalue weighted by Crippen LogP contribution is -2.24. The Labute approximate surface area is 172 Å². The van der Waals surface area contributed by atoms with Crippen LogP contribution in [0.25, 0.3) is 6.08 Å². The molecule has 2 aromatic carbocycles. The molecule has 1 N–H and O–H groups in total. The van der Waals surface area contributed by atoms with Gasteiger partial charge in [-0.15, -0.1) is 0 Å². The van der Waals surface area contributed by atoms with Gasteiger partial charge in [-0.1, -0.05) is 29.3 Å². The molecule has 0 radical (unpaired) electrons. The molecule has 5 nitrogen and oxygen atoms in total. The third-order valence-corrected chi connectivity index (χ3v) is 5.05. The lowest BCUT2D eigenvalue weighted by Gasteiger charge is -2.10. The van der Waals surface area contributed by atoms with Gasteiger partial charge in [-0.25, -0.2) is 0 Å². The van der Waals surface area contributed by atoms with E-state index in [-0.39, 0.29) is 24.7 Å². The van der Waals surface area contributed by atoms with Crippen molar-refractivity contribution in [2.75, 3.05) is 18.0 Å². The van der Waals surface area contributed by atoms with Gasteiger partial charge in [0.2, 0.25) is 12.3 Å². The van der Waals surface area contributed by atoms with E-state index in [1.54, 1.807) is 41.3 Å². The predicted octanol–water partition coefficient (Wildman–Crippen LogP) is 3.91. The van der Waals surface area contributed by atoms with Crippen molar-refractivity contribution in [1.29, 1.82) is 0 Å². The molecular formula is C21H18Cl2N2O3. The second kappa shape index (κ2) is 9.04. The minimum atomic E-state index is -0.311. The number of carbonyl (C=O) groups is 3. The molecular weight excluding hydrogens is 399 g/mol. The normalized spacial score (nSPS) is 12.9. The fourth-order valence-electron chi connectivity index (χ4n) is 3.01. The van der Waals surface area contributed by atoms with Crippen LogP contribution in [0.3, 0.4) is 0 Å². The summed E-state index contributed by atoms with van der Waals surface area (Å²) in [6, 6.07) is 10.3. The van der Waals surface area contributed by atoms with Gasteiger partial charge >= 0.3 is 0 Å². The highest BCUT2D eigenvalue weighted by molar-refractivity contribution is 6.35. The van der Waals surface area contributed by atoms with Crippen molar-refractivity contribution in [2.45, 2.75) is 12.8 Å². The molecule has 144 valence electrons. The zero-order valence-electron chi connectivity index (χ0n) is 15.0. The molecule has 0 aromatic heterocycles. The van der Waals surface area contributed by atoms with Gasteiger partial charge in [0.25, 0.3) is 0 Å². The molecule has 0 saturated carbocycles. The number of rotatable bonds is 7. The molecule has 0 spiro atoms. The van der Waals surface area contributed by atoms with Gasteiger partial charge in [-0.2, -0.15) is 0 Å². The molecule has 1 heterocycles. The van der Waals surface area contributed by atoms with E-state index in [9.17, 15) is 14.4 Å². The Kier molecular flexibility index (Phi) is 6.49. The molecule has 2 aromatic rings. The van der Waals surface area contributed by atoms with Crippen molar-refractivity contribution >= 4 is 53.1 Å². The summed E-state index contributed by atoms with van der Waals surface area (Å²) >= 11 is 11.9. The van der Waals surface area contributed by atoms with E-state index in [0.717, 1.165) is 24.1 Å². The van der Waals surface area contributed by atoms with Crippen LogP contribution in [0.15, 0.2) is 42.5 Å². The van der Waals surface area contributed by atoms with Crippen LogP contribution in [0.2, 0.25) is 10.0 Å². The maximum absolute atomic E-state index is 12.4. The standard InChI is InChI=1S/C21H18Cl2N2O3/c22-17-4-1-14(18(23)12-17)3-6-21(28)24-9-7-20(27)16-2-5-19-15(11-16)8-10-25(19)13-26/h1-6,11-13H,7-10H2,(H,24,28)/b6-3+. The Morgan fingerprint density at radius 1 is 1.14 bits per heavy atom. The number of ketones is 1. The number of hydrogen-bond donors (Lipinski definition) is 1. The van der Waals surface area contributed by atoms with E-state index in [4.69, 9.17) is 23.2 Å². The highest BCUT2D eigenvalue weighted by Gasteiger charge is 2.19. The summed E-state index contributed by atoms with van der Waals surface area (Å²) < 4.78 is 0. The van der Waals surface area contributed by atoms with Gasteiger partial charge in [0.15, 0.2) is 5.78 Å². The van der Waals surface area contributed by atoms with Gasteiger partial charge in [-0.3, -0.25) is 14.4 Å². The topological polar surface area (TPSA) is 66.5 Å². The Morgan fingerprint density at radius 2 is 1.96 bits per heavy atom. The fourth-order valence-corrected chi connectivity index (χ4v) is 3.49. The zero-order chi connectivity index (χ0) is 20.1. The van der Waals surface area contributed by atoms with E-state index in [0.29, 0.717) is 27.7 Å². The van der Waals surface area contributed by atoms with Crippen molar-refractivity contribution in [2.24, 2.45) is 0 Å². The van der Waals surface area contributed by atoms with E-state index >= 15 is 0 Å². The van der Waals surface area contributed by atoms with Crippen molar-refractivity contribution < 1.29 is 14.4 Å². The highest BCUT2D eigenvalue weighted by atomic mass is 35.5. The van der Waals surface area contributed by atoms with Crippen LogP contribution in [0.1, 0.15) is 27.9 Å². The van der Waals surface area contributed by atoms with Gasteiger partial charge in [0, 0.05) is 46.9 Å². The summed E-state index contributed by atoms with van der Waals surface area (Å²) in [6.07, 6.45) is 4.69. The lowest BCUT2D eigenvalue weighted by atomic mass is 10.0. The molecule has 1 aliphatic rings. The zero-order valence-corrected chi connectivity index (χ0v) is 16.5. The number of halogens is 2. The smallest absolute Gasteiger partial charge is 0.244 e. The number of nitrogens with one attached hydrogen (secondary N) is 1. The van der Waals surface area contributed by atoms with Gasteiger partial charge in [0.1, 0.15) is 0 Å². The van der Waals surface area contributed by atoms with Crippen LogP contribution < -0.4 is 10.2 Å². The highest BCUT2D eigenvalue weighted by Crippen LogP contribution is 2.28. The summed E-state index contributed by atoms with van der Waals surface area (Å²) in [5.41, 5.74) is 3.11. The molecule has 0 saturated heterocycles. The third kappa shape index (κ3) is 4.80. The van der Waals surface area contributed by atoms with Crippen LogP contribution in [-0.4, -0.2) is 31.2 Å². The minimum absolute atomic E-state index is 0.0580. The number of Topliss-reactive ketones (excluding diaryl/α,β-unsaturated/α-hetero) is 1. The number of anilines is 1. The van der Waals surface area contributed by atoms with Crippen molar-refractivity contribution in [3.8, 4) is 0 Å². The molecule has 0 atom stereocenters. The molecule has 7 heteroatoms. The van der Waals surface area contributed by atoms with E-state index < -0.39 is 0 Å². The van der Waals surface area contributed by atoms with E-state index in [1.807, 2.05) is 6.07 Å². The number of benzene rings is 2. The maximum atomic E-state index is 12.4. The molecule has 0 unspecified atom stereocenters. The number of hydrogen-bond acceptors (Lipinski definition) is 3. The average molecular weight is 417 g/mol. The van der Waals surface area contributed by atoms with Crippen LogP contribution in [-0.2, 0) is 16.0 Å². The predicted molar refractivity (Wildman–Crippen MR) is 111 cm³/mol. The summed E-state index contributed by atoms with van der Waals surface area (Å²) in [5, 5.41) is 3.66. The fraction of sp³-hybridized carbons (Fsp3) is 0.190. The first kappa shape index (κ1) is 20.1. The quantitative estimate of drug-likeness (QED) is 0.422. The van der Waals surface area contributed by atoms with Crippen molar-refractivity contribution in [3.63, 3.8) is 0 Å².